The van der Waals surface area contributed by atoms with Gasteiger partial charge in [0.15, 0.2) is 5.15 Å². The van der Waals surface area contributed by atoms with Crippen molar-refractivity contribution >= 4 is 17.3 Å². The summed E-state index contributed by atoms with van der Waals surface area (Å²) in [4.78, 5) is 5.07. The molecular weight excluding hydrogens is 260 g/mol. The van der Waals surface area contributed by atoms with E-state index in [2.05, 4.69) is 20.0 Å². The van der Waals surface area contributed by atoms with E-state index in [4.69, 9.17) is 11.6 Å². The summed E-state index contributed by atoms with van der Waals surface area (Å²) < 4.78 is 0. The molecule has 2 saturated heterocycles. The fourth-order valence-electron chi connectivity index (χ4n) is 3.28. The lowest BCUT2D eigenvalue weighted by Crippen LogP contribution is -2.46. The molecule has 5 heteroatoms. The van der Waals surface area contributed by atoms with Crippen LogP contribution in [-0.2, 0) is 0 Å². The zero-order valence-electron chi connectivity index (χ0n) is 11.3. The maximum Gasteiger partial charge on any atom is 0.153 e. The third kappa shape index (κ3) is 3.18. The van der Waals surface area contributed by atoms with E-state index in [1.54, 1.807) is 0 Å². The van der Waals surface area contributed by atoms with Gasteiger partial charge in [-0.2, -0.15) is 5.10 Å². The van der Waals surface area contributed by atoms with Crippen LogP contribution in [0.25, 0.3) is 0 Å². The van der Waals surface area contributed by atoms with Gasteiger partial charge in [-0.3, -0.25) is 0 Å². The van der Waals surface area contributed by atoms with Gasteiger partial charge in [0.1, 0.15) is 0 Å². The highest BCUT2D eigenvalue weighted by Crippen LogP contribution is 2.25. The van der Waals surface area contributed by atoms with Crippen molar-refractivity contribution in [2.75, 3.05) is 31.1 Å². The smallest absolute Gasteiger partial charge is 0.153 e. The number of hydrogen-bond donors (Lipinski definition) is 0. The van der Waals surface area contributed by atoms with E-state index in [1.807, 2.05) is 12.3 Å². The lowest BCUT2D eigenvalue weighted by Gasteiger charge is -2.40. The Labute approximate surface area is 119 Å². The summed E-state index contributed by atoms with van der Waals surface area (Å²) in [7, 11) is 0. The molecule has 0 amide bonds. The van der Waals surface area contributed by atoms with Crippen molar-refractivity contribution in [3.05, 3.63) is 17.4 Å². The average Bonchev–Trinajstić information content (AvgIpc) is 2.48. The van der Waals surface area contributed by atoms with Gasteiger partial charge in [0.05, 0.1) is 11.9 Å². The Morgan fingerprint density at radius 3 is 2.47 bits per heavy atom. The second-order valence-electron chi connectivity index (χ2n) is 5.55. The normalized spacial score (nSPS) is 22.7. The number of likely N-dealkylation sites (tertiary alicyclic amines) is 1. The molecule has 0 aromatic carbocycles. The lowest BCUT2D eigenvalue weighted by molar-refractivity contribution is 0.141. The second-order valence-corrected chi connectivity index (χ2v) is 5.94. The summed E-state index contributed by atoms with van der Waals surface area (Å²) in [6.07, 6.45) is 8.48. The van der Waals surface area contributed by atoms with Gasteiger partial charge in [0.25, 0.3) is 0 Å². The molecule has 0 radical (unpaired) electrons. The Hall–Kier alpha value is -0.870. The monoisotopic (exact) mass is 280 g/mol. The zero-order chi connectivity index (χ0) is 13.1. The average molecular weight is 281 g/mol. The first-order valence-corrected chi connectivity index (χ1v) is 7.68. The van der Waals surface area contributed by atoms with Crippen LogP contribution in [0.4, 0.5) is 5.69 Å². The largest absolute Gasteiger partial charge is 0.370 e. The first kappa shape index (κ1) is 13.1. The van der Waals surface area contributed by atoms with Gasteiger partial charge in [0.2, 0.25) is 0 Å². The van der Waals surface area contributed by atoms with Gasteiger partial charge in [-0.25, -0.2) is 0 Å². The van der Waals surface area contributed by atoms with Gasteiger partial charge in [-0.15, -0.1) is 5.10 Å². The van der Waals surface area contributed by atoms with E-state index < -0.39 is 0 Å². The van der Waals surface area contributed by atoms with Crippen molar-refractivity contribution in [3.8, 4) is 0 Å². The lowest BCUT2D eigenvalue weighted by atomic mass is 10.00. The van der Waals surface area contributed by atoms with Crippen LogP contribution in [0.3, 0.4) is 0 Å². The molecule has 0 N–H and O–H groups in total. The van der Waals surface area contributed by atoms with Crippen molar-refractivity contribution in [2.45, 2.75) is 38.1 Å². The number of hydrogen-bond acceptors (Lipinski definition) is 4. The summed E-state index contributed by atoms with van der Waals surface area (Å²) in [6.45, 7) is 4.80. The Kier molecular flexibility index (Phi) is 4.18. The highest BCUT2D eigenvalue weighted by molar-refractivity contribution is 6.29. The molecule has 2 aliphatic rings. The van der Waals surface area contributed by atoms with Crippen LogP contribution in [-0.4, -0.2) is 47.3 Å². The van der Waals surface area contributed by atoms with Crippen LogP contribution in [0.1, 0.15) is 32.1 Å². The van der Waals surface area contributed by atoms with Crippen molar-refractivity contribution in [3.63, 3.8) is 0 Å². The van der Waals surface area contributed by atoms with Crippen molar-refractivity contribution in [1.82, 2.24) is 15.1 Å². The Morgan fingerprint density at radius 2 is 1.79 bits per heavy atom. The molecule has 1 aromatic rings. The third-order valence-corrected chi connectivity index (χ3v) is 4.53. The molecule has 104 valence electrons. The van der Waals surface area contributed by atoms with Crippen LogP contribution >= 0.6 is 11.6 Å². The highest BCUT2D eigenvalue weighted by Gasteiger charge is 2.25. The van der Waals surface area contributed by atoms with Crippen molar-refractivity contribution < 1.29 is 0 Å². The zero-order valence-corrected chi connectivity index (χ0v) is 12.0. The molecule has 2 aliphatic heterocycles. The number of nitrogens with zero attached hydrogens (tertiary/aromatic N) is 4. The van der Waals surface area contributed by atoms with Gasteiger partial charge in [0, 0.05) is 25.2 Å². The van der Waals surface area contributed by atoms with E-state index in [-0.39, 0.29) is 0 Å². The highest BCUT2D eigenvalue weighted by atomic mass is 35.5. The van der Waals surface area contributed by atoms with E-state index in [0.717, 1.165) is 24.8 Å². The van der Waals surface area contributed by atoms with Crippen molar-refractivity contribution in [2.24, 2.45) is 0 Å². The SMILES string of the molecule is Clc1cc(N2CCC(N3CCCCC3)CC2)cnn1. The summed E-state index contributed by atoms with van der Waals surface area (Å²) in [5.74, 6) is 0. The summed E-state index contributed by atoms with van der Waals surface area (Å²) >= 11 is 5.91. The van der Waals surface area contributed by atoms with Crippen LogP contribution in [0.5, 0.6) is 0 Å². The van der Waals surface area contributed by atoms with Crippen LogP contribution in [0.15, 0.2) is 12.3 Å². The Balaban J connectivity index is 1.57. The van der Waals surface area contributed by atoms with Crippen LogP contribution < -0.4 is 4.90 Å². The molecule has 0 unspecified atom stereocenters. The molecule has 1 aromatic heterocycles. The third-order valence-electron chi connectivity index (χ3n) is 4.35. The Bertz CT molecular complexity index is 412. The predicted molar refractivity (Wildman–Crippen MR) is 77.7 cm³/mol. The van der Waals surface area contributed by atoms with Crippen LogP contribution in [0.2, 0.25) is 5.15 Å². The molecule has 3 heterocycles. The van der Waals surface area contributed by atoms with Crippen molar-refractivity contribution in [1.29, 1.82) is 0 Å². The molecule has 3 rings (SSSR count). The summed E-state index contributed by atoms with van der Waals surface area (Å²) in [5.41, 5.74) is 1.11. The second kappa shape index (κ2) is 6.06. The minimum atomic E-state index is 0.482. The first-order chi connectivity index (χ1) is 9.33. The maximum absolute atomic E-state index is 5.91. The fourth-order valence-corrected chi connectivity index (χ4v) is 3.43. The molecule has 0 aliphatic carbocycles. The van der Waals surface area contributed by atoms with Gasteiger partial charge in [-0.1, -0.05) is 18.0 Å². The van der Waals surface area contributed by atoms with E-state index in [0.29, 0.717) is 5.15 Å². The number of piperidine rings is 2. The van der Waals surface area contributed by atoms with Crippen LogP contribution in [0, 0.1) is 0 Å². The molecule has 0 spiro atoms. The van der Waals surface area contributed by atoms with Gasteiger partial charge >= 0.3 is 0 Å². The minimum absolute atomic E-state index is 0.482. The molecule has 19 heavy (non-hydrogen) atoms. The molecule has 2 fully saturated rings. The molecule has 0 atom stereocenters. The van der Waals surface area contributed by atoms with E-state index >= 15 is 0 Å². The minimum Gasteiger partial charge on any atom is -0.370 e. The number of halogens is 1. The number of anilines is 1. The standard InChI is InChI=1S/C14H21ClN4/c15-14-10-13(11-16-17-14)19-8-4-12(5-9-19)18-6-2-1-3-7-18/h10-12H,1-9H2. The van der Waals surface area contributed by atoms with E-state index in [1.165, 1.54) is 45.2 Å². The topological polar surface area (TPSA) is 32.3 Å². The first-order valence-electron chi connectivity index (χ1n) is 7.30. The molecule has 0 saturated carbocycles. The van der Waals surface area contributed by atoms with E-state index in [9.17, 15) is 0 Å². The Morgan fingerprint density at radius 1 is 1.05 bits per heavy atom. The van der Waals surface area contributed by atoms with Gasteiger partial charge < -0.3 is 9.80 Å². The maximum atomic E-state index is 5.91. The summed E-state index contributed by atoms with van der Waals surface area (Å²) in [5, 5.41) is 8.22. The van der Waals surface area contributed by atoms with Gasteiger partial charge in [-0.05, 0) is 38.8 Å². The summed E-state index contributed by atoms with van der Waals surface area (Å²) in [6, 6.07) is 2.69. The quantitative estimate of drug-likeness (QED) is 0.834. The molecule has 0 bridgehead atoms. The number of aromatic nitrogens is 2. The molecular formula is C14H21ClN4. The predicted octanol–water partition coefficient (Wildman–Crippen LogP) is 2.58. The molecule has 4 nitrogen and oxygen atoms in total. The number of rotatable bonds is 2. The fraction of sp³-hybridized carbons (Fsp3) is 0.714.